The van der Waals surface area contributed by atoms with E-state index in [-0.39, 0.29) is 22.0 Å². The lowest BCUT2D eigenvalue weighted by Gasteiger charge is -2.10. The van der Waals surface area contributed by atoms with Crippen LogP contribution in [0, 0.1) is 6.92 Å². The van der Waals surface area contributed by atoms with E-state index in [1.54, 1.807) is 49.5 Å². The summed E-state index contributed by atoms with van der Waals surface area (Å²) in [5.41, 5.74) is 1.13. The first-order valence-electron chi connectivity index (χ1n) is 7.12. The van der Waals surface area contributed by atoms with E-state index in [9.17, 15) is 13.2 Å². The number of rotatable bonds is 3. The highest BCUT2D eigenvalue weighted by molar-refractivity contribution is 7.90. The summed E-state index contributed by atoms with van der Waals surface area (Å²) in [4.78, 5) is 16.9. The van der Waals surface area contributed by atoms with E-state index in [0.29, 0.717) is 10.9 Å². The summed E-state index contributed by atoms with van der Waals surface area (Å²) >= 11 is 0. The van der Waals surface area contributed by atoms with E-state index in [2.05, 4.69) is 4.98 Å². The van der Waals surface area contributed by atoms with Crippen molar-refractivity contribution in [3.8, 4) is 0 Å². The molecule has 2 aromatic carbocycles. The van der Waals surface area contributed by atoms with Crippen molar-refractivity contribution in [2.75, 3.05) is 0 Å². The number of sulfone groups is 1. The number of aromatic nitrogens is 2. The van der Waals surface area contributed by atoms with E-state index in [4.69, 9.17) is 0 Å². The van der Waals surface area contributed by atoms with Gasteiger partial charge in [0.15, 0.2) is 9.84 Å². The molecule has 118 valence electrons. The fourth-order valence-electron chi connectivity index (χ4n) is 2.46. The van der Waals surface area contributed by atoms with E-state index in [1.165, 1.54) is 4.57 Å². The van der Waals surface area contributed by atoms with Gasteiger partial charge in [0, 0.05) is 7.05 Å². The Morgan fingerprint density at radius 1 is 1.09 bits per heavy atom. The van der Waals surface area contributed by atoms with Crippen LogP contribution in [0.3, 0.4) is 0 Å². The Kier molecular flexibility index (Phi) is 3.77. The molecule has 0 bridgehead atoms. The van der Waals surface area contributed by atoms with Crippen LogP contribution >= 0.6 is 0 Å². The van der Waals surface area contributed by atoms with Crippen LogP contribution in [-0.2, 0) is 22.6 Å². The second-order valence-electron chi connectivity index (χ2n) is 5.48. The van der Waals surface area contributed by atoms with Gasteiger partial charge in [-0.25, -0.2) is 13.4 Å². The molecule has 23 heavy (non-hydrogen) atoms. The van der Waals surface area contributed by atoms with Crippen molar-refractivity contribution < 1.29 is 8.42 Å². The minimum absolute atomic E-state index is 0.232. The molecule has 6 heteroatoms. The maximum atomic E-state index is 12.6. The molecule has 0 N–H and O–H groups in total. The van der Waals surface area contributed by atoms with Gasteiger partial charge >= 0.3 is 0 Å². The predicted octanol–water partition coefficient (Wildman–Crippen LogP) is 2.22. The summed E-state index contributed by atoms with van der Waals surface area (Å²) in [6, 6.07) is 13.6. The number of aryl methyl sites for hydroxylation is 1. The first-order chi connectivity index (χ1) is 10.9. The molecule has 0 aliphatic carbocycles. The molecule has 0 atom stereocenters. The van der Waals surface area contributed by atoms with Crippen molar-refractivity contribution in [3.63, 3.8) is 0 Å². The third kappa shape index (κ3) is 2.90. The standard InChI is InChI=1S/C17H16N2O3S/c1-12-6-5-7-13(10-12)23(21,22)11-16-18-15-9-4-3-8-14(15)17(20)19(16)2/h3-10H,11H2,1-2H3. The first kappa shape index (κ1) is 15.4. The summed E-state index contributed by atoms with van der Waals surface area (Å²) in [6.45, 7) is 1.84. The molecule has 0 saturated heterocycles. The van der Waals surface area contributed by atoms with Crippen LogP contribution in [0.1, 0.15) is 11.4 Å². The second-order valence-corrected chi connectivity index (χ2v) is 7.47. The third-order valence-electron chi connectivity index (χ3n) is 3.74. The number of nitrogens with zero attached hydrogens (tertiary/aromatic N) is 2. The second kappa shape index (κ2) is 5.62. The van der Waals surface area contributed by atoms with Crippen molar-refractivity contribution in [2.45, 2.75) is 17.6 Å². The highest BCUT2D eigenvalue weighted by Gasteiger charge is 2.19. The molecule has 0 amide bonds. The highest BCUT2D eigenvalue weighted by atomic mass is 32.2. The molecular formula is C17H16N2O3S. The van der Waals surface area contributed by atoms with Crippen LogP contribution in [-0.4, -0.2) is 18.0 Å². The summed E-state index contributed by atoms with van der Waals surface area (Å²) in [5.74, 6) is -0.0808. The fourth-order valence-corrected chi connectivity index (χ4v) is 3.87. The molecule has 0 aliphatic rings. The van der Waals surface area contributed by atoms with Crippen LogP contribution < -0.4 is 5.56 Å². The molecule has 0 aliphatic heterocycles. The maximum absolute atomic E-state index is 12.6. The molecule has 0 unspecified atom stereocenters. The number of hydrogen-bond donors (Lipinski definition) is 0. The Morgan fingerprint density at radius 3 is 2.57 bits per heavy atom. The van der Waals surface area contributed by atoms with Gasteiger partial charge in [-0.1, -0.05) is 24.3 Å². The van der Waals surface area contributed by atoms with Crippen molar-refractivity contribution in [1.82, 2.24) is 9.55 Å². The molecule has 1 heterocycles. The monoisotopic (exact) mass is 328 g/mol. The lowest BCUT2D eigenvalue weighted by Crippen LogP contribution is -2.24. The lowest BCUT2D eigenvalue weighted by molar-refractivity contribution is 0.591. The van der Waals surface area contributed by atoms with E-state index in [0.717, 1.165) is 5.56 Å². The first-order valence-corrected chi connectivity index (χ1v) is 8.78. The van der Waals surface area contributed by atoms with Crippen LogP contribution in [0.5, 0.6) is 0 Å². The minimum Gasteiger partial charge on any atom is -0.298 e. The molecule has 3 aromatic rings. The van der Waals surface area contributed by atoms with Crippen molar-refractivity contribution >= 4 is 20.7 Å². The maximum Gasteiger partial charge on any atom is 0.261 e. The molecule has 1 aromatic heterocycles. The largest absolute Gasteiger partial charge is 0.298 e. The Bertz CT molecular complexity index is 1050. The summed E-state index contributed by atoms with van der Waals surface area (Å²) in [7, 11) is -2.02. The zero-order chi connectivity index (χ0) is 16.6. The molecule has 0 spiro atoms. The van der Waals surface area contributed by atoms with Gasteiger partial charge in [0.05, 0.1) is 15.8 Å². The number of hydrogen-bond acceptors (Lipinski definition) is 4. The number of fused-ring (bicyclic) bond motifs is 1. The quantitative estimate of drug-likeness (QED) is 0.739. The normalized spacial score (nSPS) is 11.7. The average Bonchev–Trinajstić information content (AvgIpc) is 2.52. The molecule has 0 fully saturated rings. The Balaban J connectivity index is 2.11. The van der Waals surface area contributed by atoms with Gasteiger partial charge in [-0.2, -0.15) is 0 Å². The van der Waals surface area contributed by atoms with Crippen LogP contribution in [0.15, 0.2) is 58.2 Å². The minimum atomic E-state index is -3.57. The summed E-state index contributed by atoms with van der Waals surface area (Å²) in [5, 5.41) is 0.478. The van der Waals surface area contributed by atoms with E-state index >= 15 is 0 Å². The zero-order valence-electron chi connectivity index (χ0n) is 12.9. The molecule has 5 nitrogen and oxygen atoms in total. The summed E-state index contributed by atoms with van der Waals surface area (Å²) < 4.78 is 26.5. The van der Waals surface area contributed by atoms with Gasteiger partial charge in [0.1, 0.15) is 11.6 Å². The van der Waals surface area contributed by atoms with Crippen molar-refractivity contribution in [1.29, 1.82) is 0 Å². The predicted molar refractivity (Wildman–Crippen MR) is 89.1 cm³/mol. The number of para-hydroxylation sites is 1. The van der Waals surface area contributed by atoms with Gasteiger partial charge in [-0.15, -0.1) is 0 Å². The molecule has 3 rings (SSSR count). The smallest absolute Gasteiger partial charge is 0.261 e. The van der Waals surface area contributed by atoms with Crippen LogP contribution in [0.2, 0.25) is 0 Å². The Hall–Kier alpha value is -2.47. The van der Waals surface area contributed by atoms with Gasteiger partial charge < -0.3 is 0 Å². The van der Waals surface area contributed by atoms with E-state index < -0.39 is 9.84 Å². The topological polar surface area (TPSA) is 69.0 Å². The van der Waals surface area contributed by atoms with E-state index in [1.807, 2.05) is 13.0 Å². The van der Waals surface area contributed by atoms with Crippen molar-refractivity contribution in [3.05, 3.63) is 70.3 Å². The van der Waals surface area contributed by atoms with Gasteiger partial charge in [0.25, 0.3) is 5.56 Å². The Labute approximate surface area is 134 Å². The van der Waals surface area contributed by atoms with Gasteiger partial charge in [-0.3, -0.25) is 9.36 Å². The highest BCUT2D eigenvalue weighted by Crippen LogP contribution is 2.17. The zero-order valence-corrected chi connectivity index (χ0v) is 13.7. The SMILES string of the molecule is Cc1cccc(S(=O)(=O)Cc2nc3ccccc3c(=O)n2C)c1. The third-order valence-corrected chi connectivity index (χ3v) is 5.35. The Morgan fingerprint density at radius 2 is 1.83 bits per heavy atom. The molecule has 0 saturated carbocycles. The van der Waals surface area contributed by atoms with Crippen LogP contribution in [0.4, 0.5) is 0 Å². The lowest BCUT2D eigenvalue weighted by atomic mass is 10.2. The fraction of sp³-hybridized carbons (Fsp3) is 0.176. The molecular weight excluding hydrogens is 312 g/mol. The van der Waals surface area contributed by atoms with Gasteiger partial charge in [-0.05, 0) is 36.8 Å². The number of benzene rings is 2. The van der Waals surface area contributed by atoms with Gasteiger partial charge in [0.2, 0.25) is 0 Å². The average molecular weight is 328 g/mol. The van der Waals surface area contributed by atoms with Crippen LogP contribution in [0.25, 0.3) is 10.9 Å². The summed E-state index contributed by atoms with van der Waals surface area (Å²) in [6.07, 6.45) is 0. The molecule has 0 radical (unpaired) electrons. The van der Waals surface area contributed by atoms with Crippen molar-refractivity contribution in [2.24, 2.45) is 7.05 Å².